The van der Waals surface area contributed by atoms with Gasteiger partial charge in [-0.05, 0) is 11.6 Å². The second-order valence-corrected chi connectivity index (χ2v) is 6.55. The minimum atomic E-state index is -3.84. The lowest BCUT2D eigenvalue weighted by atomic mass is 10.0. The molecule has 0 amide bonds. The molecule has 0 unspecified atom stereocenters. The van der Waals surface area contributed by atoms with Crippen molar-refractivity contribution in [1.82, 2.24) is 0 Å². The van der Waals surface area contributed by atoms with Gasteiger partial charge in [-0.15, -0.1) is 0 Å². The number of rotatable bonds is 4. The minimum absolute atomic E-state index is 0.00609. The summed E-state index contributed by atoms with van der Waals surface area (Å²) in [4.78, 5) is 12.0. The number of hydrogen-bond acceptors (Lipinski definition) is 3. The predicted octanol–water partition coefficient (Wildman–Crippen LogP) is 3.04. The Morgan fingerprint density at radius 2 is 1.53 bits per heavy atom. The summed E-state index contributed by atoms with van der Waals surface area (Å²) in [5.74, 6) is -0.145. The molecule has 0 aliphatic heterocycles. The molecule has 0 spiro atoms. The average Bonchev–Trinajstić information content (AvgIpc) is 2.39. The van der Waals surface area contributed by atoms with E-state index >= 15 is 0 Å². The van der Waals surface area contributed by atoms with Crippen molar-refractivity contribution in [2.75, 3.05) is 0 Å². The van der Waals surface area contributed by atoms with Crippen LogP contribution in [0.5, 0.6) is 0 Å². The van der Waals surface area contributed by atoms with Crippen molar-refractivity contribution >= 4 is 25.5 Å². The summed E-state index contributed by atoms with van der Waals surface area (Å²) in [5.41, 5.74) is 0.954. The Morgan fingerprint density at radius 1 is 0.947 bits per heavy atom. The number of Topliss-reactive ketones (excluding diaryl/α,β-unsaturated/α-hetero) is 1. The topological polar surface area (TPSA) is 51.2 Å². The smallest absolute Gasteiger partial charge is 0.261 e. The van der Waals surface area contributed by atoms with E-state index < -0.39 is 9.05 Å². The van der Waals surface area contributed by atoms with Crippen LogP contribution in [0.2, 0.25) is 0 Å². The Balaban J connectivity index is 2.33. The monoisotopic (exact) mass is 294 g/mol. The molecule has 0 N–H and O–H groups in total. The molecule has 19 heavy (non-hydrogen) atoms. The van der Waals surface area contributed by atoms with E-state index in [1.165, 1.54) is 6.07 Å². The molecule has 0 aliphatic rings. The fourth-order valence-electron chi connectivity index (χ4n) is 1.79. The molecule has 0 fully saturated rings. The third-order valence-corrected chi connectivity index (χ3v) is 4.10. The Kier molecular flexibility index (Phi) is 4.02. The standard InChI is InChI=1S/C14H11ClO3S/c15-19(17,18)14-9-5-4-8-12(14)10-13(16)11-6-2-1-3-7-11/h1-9H,10H2. The van der Waals surface area contributed by atoms with Gasteiger partial charge in [0.05, 0.1) is 4.90 Å². The Hall–Kier alpha value is -1.65. The van der Waals surface area contributed by atoms with Crippen LogP contribution in [0.25, 0.3) is 0 Å². The first kappa shape index (κ1) is 13.8. The van der Waals surface area contributed by atoms with E-state index in [1.807, 2.05) is 6.07 Å². The second kappa shape index (κ2) is 5.55. The third-order valence-electron chi connectivity index (χ3n) is 2.68. The summed E-state index contributed by atoms with van der Waals surface area (Å²) in [6, 6.07) is 15.0. The molecule has 0 heterocycles. The van der Waals surface area contributed by atoms with Crippen LogP contribution >= 0.6 is 10.7 Å². The zero-order chi connectivity index (χ0) is 13.9. The van der Waals surface area contributed by atoms with E-state index in [0.717, 1.165) is 0 Å². The molecule has 0 aromatic heterocycles. The van der Waals surface area contributed by atoms with E-state index in [9.17, 15) is 13.2 Å². The second-order valence-electron chi connectivity index (χ2n) is 4.01. The van der Waals surface area contributed by atoms with Crippen molar-refractivity contribution < 1.29 is 13.2 Å². The number of ketones is 1. The van der Waals surface area contributed by atoms with Gasteiger partial charge in [0.15, 0.2) is 5.78 Å². The lowest BCUT2D eigenvalue weighted by Crippen LogP contribution is -2.06. The summed E-state index contributed by atoms with van der Waals surface area (Å²) in [6.45, 7) is 0. The number of halogens is 1. The van der Waals surface area contributed by atoms with Crippen LogP contribution < -0.4 is 0 Å². The minimum Gasteiger partial charge on any atom is -0.294 e. The molecule has 0 radical (unpaired) electrons. The predicted molar refractivity (Wildman–Crippen MR) is 74.0 cm³/mol. The van der Waals surface area contributed by atoms with Gasteiger partial charge in [0, 0.05) is 22.7 Å². The molecule has 0 aliphatic carbocycles. The Bertz CT molecular complexity index is 694. The van der Waals surface area contributed by atoms with Crippen molar-refractivity contribution in [3.05, 3.63) is 65.7 Å². The SMILES string of the molecule is O=C(Cc1ccccc1S(=O)(=O)Cl)c1ccccc1. The molecule has 2 aromatic carbocycles. The maximum Gasteiger partial charge on any atom is 0.261 e. The van der Waals surface area contributed by atoms with Gasteiger partial charge in [0.25, 0.3) is 9.05 Å². The molecule has 2 aromatic rings. The fraction of sp³-hybridized carbons (Fsp3) is 0.0714. The summed E-state index contributed by atoms with van der Waals surface area (Å²) < 4.78 is 22.9. The number of carbonyl (C=O) groups excluding carboxylic acids is 1. The molecule has 2 rings (SSSR count). The highest BCUT2D eigenvalue weighted by Gasteiger charge is 2.17. The summed E-state index contributed by atoms with van der Waals surface area (Å²) in [5, 5.41) is 0. The largest absolute Gasteiger partial charge is 0.294 e. The van der Waals surface area contributed by atoms with E-state index in [2.05, 4.69) is 0 Å². The van der Waals surface area contributed by atoms with Crippen molar-refractivity contribution in [1.29, 1.82) is 0 Å². The molecule has 0 saturated heterocycles. The molecule has 3 nitrogen and oxygen atoms in total. The molecule has 0 atom stereocenters. The maximum absolute atomic E-state index is 12.1. The van der Waals surface area contributed by atoms with Crippen LogP contribution in [0.4, 0.5) is 0 Å². The van der Waals surface area contributed by atoms with Crippen molar-refractivity contribution in [3.8, 4) is 0 Å². The Morgan fingerprint density at radius 3 is 2.16 bits per heavy atom. The highest BCUT2D eigenvalue weighted by atomic mass is 35.7. The quantitative estimate of drug-likeness (QED) is 0.643. The number of hydrogen-bond donors (Lipinski definition) is 0. The highest BCUT2D eigenvalue weighted by molar-refractivity contribution is 8.13. The first-order chi connectivity index (χ1) is 8.98. The van der Waals surface area contributed by atoms with Crippen molar-refractivity contribution in [2.45, 2.75) is 11.3 Å². The lowest BCUT2D eigenvalue weighted by Gasteiger charge is -2.06. The van der Waals surface area contributed by atoms with Gasteiger partial charge >= 0.3 is 0 Å². The van der Waals surface area contributed by atoms with Crippen LogP contribution in [0.1, 0.15) is 15.9 Å². The maximum atomic E-state index is 12.1. The van der Waals surface area contributed by atoms with Crippen LogP contribution in [-0.2, 0) is 15.5 Å². The molecule has 5 heteroatoms. The van der Waals surface area contributed by atoms with Crippen LogP contribution in [0.15, 0.2) is 59.5 Å². The highest BCUT2D eigenvalue weighted by Crippen LogP contribution is 2.21. The van der Waals surface area contributed by atoms with Crippen LogP contribution in [0.3, 0.4) is 0 Å². The van der Waals surface area contributed by atoms with E-state index in [-0.39, 0.29) is 17.1 Å². The molecular formula is C14H11ClO3S. The Labute approximate surface area is 116 Å². The first-order valence-corrected chi connectivity index (χ1v) is 7.90. The van der Waals surface area contributed by atoms with Gasteiger partial charge in [-0.2, -0.15) is 0 Å². The summed E-state index contributed by atoms with van der Waals surface area (Å²) >= 11 is 0. The average molecular weight is 295 g/mol. The van der Waals surface area contributed by atoms with Crippen molar-refractivity contribution in [2.24, 2.45) is 0 Å². The van der Waals surface area contributed by atoms with Gasteiger partial charge in [0.1, 0.15) is 0 Å². The van der Waals surface area contributed by atoms with Gasteiger partial charge in [-0.3, -0.25) is 4.79 Å². The third kappa shape index (κ3) is 3.43. The summed E-state index contributed by atoms with van der Waals surface area (Å²) in [7, 11) is 1.51. The number of benzene rings is 2. The normalized spacial score (nSPS) is 11.2. The van der Waals surface area contributed by atoms with E-state index in [0.29, 0.717) is 11.1 Å². The van der Waals surface area contributed by atoms with Gasteiger partial charge in [0.2, 0.25) is 0 Å². The van der Waals surface area contributed by atoms with Gasteiger partial charge in [-0.1, -0.05) is 48.5 Å². The van der Waals surface area contributed by atoms with Gasteiger partial charge < -0.3 is 0 Å². The van der Waals surface area contributed by atoms with Crippen molar-refractivity contribution in [3.63, 3.8) is 0 Å². The first-order valence-electron chi connectivity index (χ1n) is 5.59. The molecule has 0 bridgehead atoms. The zero-order valence-corrected chi connectivity index (χ0v) is 11.5. The lowest BCUT2D eigenvalue weighted by molar-refractivity contribution is 0.0992. The molecule has 98 valence electrons. The molecular weight excluding hydrogens is 284 g/mol. The van der Waals surface area contributed by atoms with Crippen LogP contribution in [-0.4, -0.2) is 14.2 Å². The number of carbonyl (C=O) groups is 1. The fourth-order valence-corrected chi connectivity index (χ4v) is 2.93. The van der Waals surface area contributed by atoms with Crippen LogP contribution in [0, 0.1) is 0 Å². The molecule has 0 saturated carbocycles. The van der Waals surface area contributed by atoms with E-state index in [1.54, 1.807) is 42.5 Å². The van der Waals surface area contributed by atoms with E-state index in [4.69, 9.17) is 10.7 Å². The zero-order valence-electron chi connectivity index (χ0n) is 9.91. The van der Waals surface area contributed by atoms with Gasteiger partial charge in [-0.25, -0.2) is 8.42 Å². The summed E-state index contributed by atoms with van der Waals surface area (Å²) in [6.07, 6.45) is 0.00609.